The normalized spacial score (nSPS) is 10.0. The number of ether oxygens (including phenoxy) is 1. The summed E-state index contributed by atoms with van der Waals surface area (Å²) in [5.74, 6) is -0.373. The van der Waals surface area contributed by atoms with Gasteiger partial charge in [0.1, 0.15) is 0 Å². The second-order valence-corrected chi connectivity index (χ2v) is 3.65. The molecule has 1 aromatic carbocycles. The van der Waals surface area contributed by atoms with E-state index in [2.05, 4.69) is 14.7 Å². The van der Waals surface area contributed by atoms with Crippen molar-refractivity contribution in [1.82, 2.24) is 9.97 Å². The molecule has 0 aliphatic rings. The van der Waals surface area contributed by atoms with Crippen LogP contribution >= 0.6 is 11.6 Å². The molecule has 0 amide bonds. The van der Waals surface area contributed by atoms with Crippen LogP contribution in [0.4, 0.5) is 0 Å². The van der Waals surface area contributed by atoms with Gasteiger partial charge < -0.3 is 4.74 Å². The molecule has 1 heterocycles. The number of hydrogen-bond donors (Lipinski definition) is 0. The topological polar surface area (TPSA) is 52.1 Å². The van der Waals surface area contributed by atoms with Gasteiger partial charge >= 0.3 is 5.97 Å². The van der Waals surface area contributed by atoms with Gasteiger partial charge in [-0.3, -0.25) is 0 Å². The average molecular weight is 249 g/mol. The highest BCUT2D eigenvalue weighted by Crippen LogP contribution is 2.19. The Bertz CT molecular complexity index is 540. The Balaban J connectivity index is 2.39. The predicted molar refractivity (Wildman–Crippen MR) is 63.8 cm³/mol. The summed E-state index contributed by atoms with van der Waals surface area (Å²) in [5, 5.41) is 0.192. The molecule has 0 saturated carbocycles. The predicted octanol–water partition coefficient (Wildman–Crippen LogP) is 2.58. The van der Waals surface area contributed by atoms with E-state index < -0.39 is 0 Å². The molecule has 17 heavy (non-hydrogen) atoms. The van der Waals surface area contributed by atoms with E-state index in [1.54, 1.807) is 30.6 Å². The van der Waals surface area contributed by atoms with Gasteiger partial charge in [0.05, 0.1) is 12.7 Å². The van der Waals surface area contributed by atoms with E-state index in [9.17, 15) is 4.79 Å². The van der Waals surface area contributed by atoms with Crippen molar-refractivity contribution >= 4 is 17.6 Å². The van der Waals surface area contributed by atoms with Crippen molar-refractivity contribution in [2.24, 2.45) is 0 Å². The number of carbonyl (C=O) groups excluding carboxylic acids is 1. The van der Waals surface area contributed by atoms with E-state index in [4.69, 9.17) is 11.6 Å². The van der Waals surface area contributed by atoms with Gasteiger partial charge in [-0.25, -0.2) is 14.8 Å². The average Bonchev–Trinajstić information content (AvgIpc) is 2.39. The summed E-state index contributed by atoms with van der Waals surface area (Å²) in [6, 6.07) is 7.04. The van der Waals surface area contributed by atoms with Gasteiger partial charge in [-0.05, 0) is 29.3 Å². The first-order chi connectivity index (χ1) is 8.20. The molecule has 0 unspecified atom stereocenters. The molecule has 0 N–H and O–H groups in total. The maximum atomic E-state index is 11.4. The van der Waals surface area contributed by atoms with Gasteiger partial charge in [0.15, 0.2) is 0 Å². The standard InChI is InChI=1S/C12H9ClN2O2/c1-17-11(16)9-4-2-3-8(5-9)10-6-14-12(13)15-7-10/h2-7H,1H3. The second kappa shape index (κ2) is 4.93. The van der Waals surface area contributed by atoms with Crippen molar-refractivity contribution in [1.29, 1.82) is 0 Å². The van der Waals surface area contributed by atoms with Crippen LogP contribution in [0.2, 0.25) is 5.28 Å². The lowest BCUT2D eigenvalue weighted by Gasteiger charge is -2.03. The third-order valence-corrected chi connectivity index (χ3v) is 2.43. The highest BCUT2D eigenvalue weighted by molar-refractivity contribution is 6.28. The Morgan fingerprint density at radius 2 is 1.94 bits per heavy atom. The molecule has 0 radical (unpaired) electrons. The Kier molecular flexibility index (Phi) is 3.35. The fraction of sp³-hybridized carbons (Fsp3) is 0.0833. The lowest BCUT2D eigenvalue weighted by molar-refractivity contribution is 0.0601. The number of methoxy groups -OCH3 is 1. The fourth-order valence-electron chi connectivity index (χ4n) is 1.40. The number of carbonyl (C=O) groups is 1. The third kappa shape index (κ3) is 2.60. The van der Waals surface area contributed by atoms with Gasteiger partial charge in [-0.15, -0.1) is 0 Å². The molecular formula is C12H9ClN2O2. The van der Waals surface area contributed by atoms with Crippen molar-refractivity contribution < 1.29 is 9.53 Å². The van der Waals surface area contributed by atoms with Crippen LogP contribution in [0.15, 0.2) is 36.7 Å². The molecule has 0 saturated heterocycles. The minimum Gasteiger partial charge on any atom is -0.465 e. The second-order valence-electron chi connectivity index (χ2n) is 3.31. The van der Waals surface area contributed by atoms with Crippen molar-refractivity contribution in [2.45, 2.75) is 0 Å². The zero-order valence-corrected chi connectivity index (χ0v) is 9.81. The summed E-state index contributed by atoms with van der Waals surface area (Å²) < 4.78 is 4.65. The molecule has 2 rings (SSSR count). The smallest absolute Gasteiger partial charge is 0.337 e. The van der Waals surface area contributed by atoms with Gasteiger partial charge in [-0.1, -0.05) is 12.1 Å². The third-order valence-electron chi connectivity index (χ3n) is 2.24. The maximum absolute atomic E-state index is 11.4. The van der Waals surface area contributed by atoms with Crippen molar-refractivity contribution in [3.63, 3.8) is 0 Å². The molecular weight excluding hydrogens is 240 g/mol. The van der Waals surface area contributed by atoms with Gasteiger partial charge in [0.2, 0.25) is 5.28 Å². The number of esters is 1. The van der Waals surface area contributed by atoms with E-state index >= 15 is 0 Å². The maximum Gasteiger partial charge on any atom is 0.337 e. The van der Waals surface area contributed by atoms with Crippen LogP contribution in [0.3, 0.4) is 0 Å². The highest BCUT2D eigenvalue weighted by Gasteiger charge is 2.07. The van der Waals surface area contributed by atoms with Gasteiger partial charge in [-0.2, -0.15) is 0 Å². The van der Waals surface area contributed by atoms with Crippen LogP contribution in [0, 0.1) is 0 Å². The number of rotatable bonds is 2. The Hall–Kier alpha value is -1.94. The molecule has 5 heteroatoms. The lowest BCUT2D eigenvalue weighted by atomic mass is 10.1. The Morgan fingerprint density at radius 1 is 1.24 bits per heavy atom. The highest BCUT2D eigenvalue weighted by atomic mass is 35.5. The zero-order valence-electron chi connectivity index (χ0n) is 9.05. The minimum atomic E-state index is -0.373. The van der Waals surface area contributed by atoms with E-state index in [0.29, 0.717) is 5.56 Å². The first kappa shape index (κ1) is 11.5. The molecule has 4 nitrogen and oxygen atoms in total. The minimum absolute atomic E-state index is 0.192. The van der Waals surface area contributed by atoms with Crippen LogP contribution < -0.4 is 0 Å². The SMILES string of the molecule is COC(=O)c1cccc(-c2cnc(Cl)nc2)c1. The molecule has 0 spiro atoms. The van der Waals surface area contributed by atoms with Crippen LogP contribution in [-0.2, 0) is 4.74 Å². The summed E-state index contributed by atoms with van der Waals surface area (Å²) in [7, 11) is 1.35. The molecule has 0 fully saturated rings. The largest absolute Gasteiger partial charge is 0.465 e. The van der Waals surface area contributed by atoms with Gasteiger partial charge in [0.25, 0.3) is 0 Å². The van der Waals surface area contributed by atoms with Gasteiger partial charge in [0, 0.05) is 18.0 Å². The first-order valence-corrected chi connectivity index (χ1v) is 5.25. The molecule has 86 valence electrons. The van der Waals surface area contributed by atoms with Crippen LogP contribution in [0.5, 0.6) is 0 Å². The van der Waals surface area contributed by atoms with E-state index in [1.807, 2.05) is 6.07 Å². The number of benzene rings is 1. The summed E-state index contributed by atoms with van der Waals surface area (Å²) in [6.45, 7) is 0. The van der Waals surface area contributed by atoms with Crippen LogP contribution in [-0.4, -0.2) is 23.0 Å². The summed E-state index contributed by atoms with van der Waals surface area (Å²) in [5.41, 5.74) is 2.12. The summed E-state index contributed by atoms with van der Waals surface area (Å²) in [6.07, 6.45) is 3.21. The van der Waals surface area contributed by atoms with E-state index in [1.165, 1.54) is 7.11 Å². The molecule has 0 bridgehead atoms. The zero-order chi connectivity index (χ0) is 12.3. The Labute approximate surface area is 103 Å². The van der Waals surface area contributed by atoms with E-state index in [-0.39, 0.29) is 11.3 Å². The number of nitrogens with zero attached hydrogens (tertiary/aromatic N) is 2. The quantitative estimate of drug-likeness (QED) is 0.606. The number of halogens is 1. The summed E-state index contributed by atoms with van der Waals surface area (Å²) >= 11 is 5.61. The molecule has 1 aromatic heterocycles. The number of hydrogen-bond acceptors (Lipinski definition) is 4. The molecule has 0 atom stereocenters. The summed E-state index contributed by atoms with van der Waals surface area (Å²) in [4.78, 5) is 19.2. The lowest BCUT2D eigenvalue weighted by Crippen LogP contribution is -2.00. The van der Waals surface area contributed by atoms with E-state index in [0.717, 1.165) is 11.1 Å². The fourth-order valence-corrected chi connectivity index (χ4v) is 1.50. The Morgan fingerprint density at radius 3 is 2.59 bits per heavy atom. The van der Waals surface area contributed by atoms with Crippen molar-refractivity contribution in [2.75, 3.05) is 7.11 Å². The monoisotopic (exact) mass is 248 g/mol. The van der Waals surface area contributed by atoms with Crippen molar-refractivity contribution in [3.8, 4) is 11.1 Å². The molecule has 0 aliphatic heterocycles. The van der Waals surface area contributed by atoms with Crippen molar-refractivity contribution in [3.05, 3.63) is 47.5 Å². The molecule has 2 aromatic rings. The number of aromatic nitrogens is 2. The first-order valence-electron chi connectivity index (χ1n) is 4.87. The molecule has 0 aliphatic carbocycles. The van der Waals surface area contributed by atoms with Crippen LogP contribution in [0.1, 0.15) is 10.4 Å². The van der Waals surface area contributed by atoms with Crippen LogP contribution in [0.25, 0.3) is 11.1 Å².